The number of rotatable bonds is 9. The lowest BCUT2D eigenvalue weighted by atomic mass is 10.0. The second-order valence-corrected chi connectivity index (χ2v) is 8.75. The molecule has 0 spiro atoms. The van der Waals surface area contributed by atoms with Crippen LogP contribution < -0.4 is 5.32 Å². The first kappa shape index (κ1) is 28.2. The lowest BCUT2D eigenvalue weighted by Gasteiger charge is -2.32. The minimum absolute atomic E-state index is 0.0510. The van der Waals surface area contributed by atoms with Crippen LogP contribution in [0.3, 0.4) is 0 Å². The number of allylic oxidation sites excluding steroid dienone is 3. The number of nitrogens with zero attached hydrogens (tertiary/aromatic N) is 2. The van der Waals surface area contributed by atoms with Crippen molar-refractivity contribution in [1.29, 1.82) is 0 Å². The summed E-state index contributed by atoms with van der Waals surface area (Å²) in [5, 5.41) is 3.58. The van der Waals surface area contributed by atoms with Crippen LogP contribution in [0, 0.1) is 0 Å². The summed E-state index contributed by atoms with van der Waals surface area (Å²) >= 11 is 1.51. The largest absolute Gasteiger partial charge is 0.462 e. The molecule has 0 bridgehead atoms. The van der Waals surface area contributed by atoms with Crippen LogP contribution in [0.25, 0.3) is 0 Å². The maximum Gasteiger partial charge on any atom is 0.340 e. The first-order chi connectivity index (χ1) is 15.4. The summed E-state index contributed by atoms with van der Waals surface area (Å²) < 4.78 is 5.24. The monoisotopic (exact) mass is 463 g/mol. The molecule has 180 valence electrons. The average molecular weight is 464 g/mol. The van der Waals surface area contributed by atoms with Crippen LogP contribution >= 0.6 is 11.8 Å². The van der Waals surface area contributed by atoms with Crippen molar-refractivity contribution in [3.05, 3.63) is 46.6 Å². The molecule has 1 saturated heterocycles. The summed E-state index contributed by atoms with van der Waals surface area (Å²) in [6.07, 6.45) is 8.16. The molecule has 0 aromatic carbocycles. The van der Waals surface area contributed by atoms with E-state index >= 15 is 0 Å². The van der Waals surface area contributed by atoms with Gasteiger partial charge in [-0.3, -0.25) is 4.79 Å². The number of amides is 1. The van der Waals surface area contributed by atoms with Gasteiger partial charge < -0.3 is 19.9 Å². The topological polar surface area (TPSA) is 61.9 Å². The van der Waals surface area contributed by atoms with Crippen LogP contribution in [0.15, 0.2) is 46.6 Å². The van der Waals surface area contributed by atoms with Crippen molar-refractivity contribution >= 4 is 23.6 Å². The van der Waals surface area contributed by atoms with Gasteiger partial charge in [-0.1, -0.05) is 26.0 Å². The minimum atomic E-state index is -0.376. The maximum atomic E-state index is 12.5. The second kappa shape index (κ2) is 15.9. The van der Waals surface area contributed by atoms with Crippen LogP contribution in [0.5, 0.6) is 0 Å². The van der Waals surface area contributed by atoms with E-state index in [4.69, 9.17) is 4.74 Å². The molecule has 0 atom stereocenters. The molecule has 1 fully saturated rings. The van der Waals surface area contributed by atoms with Crippen molar-refractivity contribution in [2.75, 3.05) is 52.1 Å². The van der Waals surface area contributed by atoms with Gasteiger partial charge in [-0.2, -0.15) is 0 Å². The summed E-state index contributed by atoms with van der Waals surface area (Å²) in [6, 6.07) is 0. The van der Waals surface area contributed by atoms with E-state index in [1.807, 2.05) is 13.0 Å². The van der Waals surface area contributed by atoms with Crippen LogP contribution in [0.4, 0.5) is 0 Å². The molecule has 1 N–H and O–H groups in total. The first-order valence-corrected chi connectivity index (χ1v) is 12.6. The molecule has 32 heavy (non-hydrogen) atoms. The van der Waals surface area contributed by atoms with Crippen molar-refractivity contribution in [2.24, 2.45) is 0 Å². The standard InChI is InChI=1S/C22H35N3O3S.C3H6/c1-5-8-17(6-2)18-15-19(22(27)28-7-3)21(29-16-18)23-20(26)9-10-25-13-11-24(4)12-14-25;1-3-2/h8,15H,5-7,9-14,16H2,1-4H3,(H,23,26);3H,1H2,2H3/b17-8+;. The molecule has 0 radical (unpaired) electrons. The highest BCUT2D eigenvalue weighted by atomic mass is 32.2. The summed E-state index contributed by atoms with van der Waals surface area (Å²) in [7, 11) is 2.12. The number of nitrogens with one attached hydrogen (secondary N) is 1. The van der Waals surface area contributed by atoms with E-state index < -0.39 is 0 Å². The van der Waals surface area contributed by atoms with Crippen molar-refractivity contribution in [2.45, 2.75) is 47.0 Å². The van der Waals surface area contributed by atoms with E-state index in [9.17, 15) is 9.59 Å². The number of likely N-dealkylation sites (N-methyl/N-ethyl adjacent to an activating group) is 1. The highest BCUT2D eigenvalue weighted by molar-refractivity contribution is 8.03. The van der Waals surface area contributed by atoms with Crippen LogP contribution in [0.1, 0.15) is 47.0 Å². The summed E-state index contributed by atoms with van der Waals surface area (Å²) in [6.45, 7) is 16.4. The van der Waals surface area contributed by atoms with Crippen molar-refractivity contribution < 1.29 is 14.3 Å². The lowest BCUT2D eigenvalue weighted by Crippen LogP contribution is -2.45. The number of ether oxygens (including phenoxy) is 1. The van der Waals surface area contributed by atoms with Gasteiger partial charge in [0, 0.05) is 44.9 Å². The Morgan fingerprint density at radius 2 is 1.88 bits per heavy atom. The van der Waals surface area contributed by atoms with Gasteiger partial charge in [0.1, 0.15) is 0 Å². The Bertz CT molecular complexity index is 720. The van der Waals surface area contributed by atoms with E-state index in [1.54, 1.807) is 13.0 Å². The average Bonchev–Trinajstić information content (AvgIpc) is 2.78. The quantitative estimate of drug-likeness (QED) is 0.410. The first-order valence-electron chi connectivity index (χ1n) is 11.6. The van der Waals surface area contributed by atoms with E-state index in [1.165, 1.54) is 17.3 Å². The van der Waals surface area contributed by atoms with E-state index in [-0.39, 0.29) is 11.9 Å². The van der Waals surface area contributed by atoms with Gasteiger partial charge in [-0.25, -0.2) is 4.79 Å². The third kappa shape index (κ3) is 9.76. The number of piperazine rings is 1. The van der Waals surface area contributed by atoms with Crippen LogP contribution in [0.2, 0.25) is 0 Å². The molecule has 2 aliphatic rings. The lowest BCUT2D eigenvalue weighted by molar-refractivity contribution is -0.138. The fourth-order valence-electron chi connectivity index (χ4n) is 3.43. The molecular formula is C25H41N3O3S. The number of hydrogen-bond acceptors (Lipinski definition) is 6. The van der Waals surface area contributed by atoms with E-state index in [0.29, 0.717) is 23.6 Å². The number of esters is 1. The highest BCUT2D eigenvalue weighted by Crippen LogP contribution is 2.32. The van der Waals surface area contributed by atoms with E-state index in [0.717, 1.165) is 56.9 Å². The third-order valence-electron chi connectivity index (χ3n) is 5.18. The highest BCUT2D eigenvalue weighted by Gasteiger charge is 2.24. The maximum absolute atomic E-state index is 12.5. The fraction of sp³-hybridized carbons (Fsp3) is 0.600. The van der Waals surface area contributed by atoms with Crippen molar-refractivity contribution in [1.82, 2.24) is 15.1 Å². The third-order valence-corrected chi connectivity index (χ3v) is 6.24. The molecule has 0 saturated carbocycles. The number of thioether (sulfide) groups is 1. The number of hydrogen-bond donors (Lipinski definition) is 1. The Morgan fingerprint density at radius 3 is 2.44 bits per heavy atom. The van der Waals surface area contributed by atoms with Crippen LogP contribution in [-0.4, -0.2) is 73.8 Å². The molecule has 2 heterocycles. The molecule has 0 aliphatic carbocycles. The van der Waals surface area contributed by atoms with Crippen LogP contribution in [-0.2, 0) is 14.3 Å². The molecule has 0 aromatic rings. The van der Waals surface area contributed by atoms with Gasteiger partial charge >= 0.3 is 5.97 Å². The van der Waals surface area contributed by atoms with Gasteiger partial charge in [-0.05, 0) is 51.0 Å². The number of carbonyl (C=O) groups excluding carboxylic acids is 2. The zero-order valence-corrected chi connectivity index (χ0v) is 21.4. The molecule has 1 amide bonds. The molecule has 0 unspecified atom stereocenters. The molecule has 2 aliphatic heterocycles. The molecule has 0 aromatic heterocycles. The predicted molar refractivity (Wildman–Crippen MR) is 135 cm³/mol. The zero-order chi connectivity index (χ0) is 23.9. The Labute approximate surface area is 198 Å². The normalized spacial score (nSPS) is 17.8. The molecule has 7 heteroatoms. The summed E-state index contributed by atoms with van der Waals surface area (Å²) in [4.78, 5) is 29.7. The van der Waals surface area contributed by atoms with Gasteiger partial charge in [0.05, 0.1) is 17.2 Å². The molecule has 2 rings (SSSR count). The van der Waals surface area contributed by atoms with Gasteiger partial charge in [-0.15, -0.1) is 18.3 Å². The number of carbonyl (C=O) groups is 2. The summed E-state index contributed by atoms with van der Waals surface area (Å²) in [5.74, 6) is 0.319. The van der Waals surface area contributed by atoms with Gasteiger partial charge in [0.25, 0.3) is 0 Å². The Hall–Kier alpha value is -1.83. The van der Waals surface area contributed by atoms with Gasteiger partial charge in [0.15, 0.2) is 0 Å². The summed E-state index contributed by atoms with van der Waals surface area (Å²) in [5.41, 5.74) is 2.85. The molecule has 6 nitrogen and oxygen atoms in total. The fourth-order valence-corrected chi connectivity index (χ4v) is 4.48. The Morgan fingerprint density at radius 1 is 1.22 bits per heavy atom. The SMILES string of the molecule is C=CC.CC/C=C(\CC)C1=CC(C(=O)OCC)=C(NC(=O)CCN2CCN(C)CC2)SC1. The smallest absolute Gasteiger partial charge is 0.340 e. The minimum Gasteiger partial charge on any atom is -0.462 e. The zero-order valence-electron chi connectivity index (χ0n) is 20.5. The van der Waals surface area contributed by atoms with Gasteiger partial charge in [0.2, 0.25) is 5.91 Å². The Balaban J connectivity index is 0.00000161. The second-order valence-electron chi connectivity index (χ2n) is 7.76. The molecular weight excluding hydrogens is 422 g/mol. The van der Waals surface area contributed by atoms with E-state index in [2.05, 4.69) is 48.7 Å². The van der Waals surface area contributed by atoms with Crippen molar-refractivity contribution in [3.63, 3.8) is 0 Å². The van der Waals surface area contributed by atoms with Crippen molar-refractivity contribution in [3.8, 4) is 0 Å². The Kier molecular flexibility index (Phi) is 14.0. The predicted octanol–water partition coefficient (Wildman–Crippen LogP) is 4.13.